The Bertz CT molecular complexity index is 789. The fourth-order valence-electron chi connectivity index (χ4n) is 5.81. The number of allylic oxidation sites excluding steroid dienone is 1. The van der Waals surface area contributed by atoms with Crippen LogP contribution in [0.15, 0.2) is 35.9 Å². The second-order valence-corrected chi connectivity index (χ2v) is 10.6. The second kappa shape index (κ2) is 9.46. The first-order valence-corrected chi connectivity index (χ1v) is 12.3. The van der Waals surface area contributed by atoms with E-state index in [9.17, 15) is 4.79 Å². The maximum absolute atomic E-state index is 12.0. The van der Waals surface area contributed by atoms with E-state index in [0.29, 0.717) is 17.7 Å². The van der Waals surface area contributed by atoms with Crippen molar-refractivity contribution in [1.29, 1.82) is 0 Å². The molecule has 4 nitrogen and oxygen atoms in total. The van der Waals surface area contributed by atoms with Crippen LogP contribution in [0.2, 0.25) is 0 Å². The molecule has 0 radical (unpaired) electrons. The predicted molar refractivity (Wildman–Crippen MR) is 128 cm³/mol. The third-order valence-corrected chi connectivity index (χ3v) is 8.28. The minimum Gasteiger partial charge on any atom is -0.340 e. The van der Waals surface area contributed by atoms with Crippen LogP contribution in [0.3, 0.4) is 0 Å². The maximum atomic E-state index is 12.0. The first-order valence-electron chi connectivity index (χ1n) is 12.3. The number of aryl methyl sites for hydroxylation is 1. The smallest absolute Gasteiger partial charge is 0.222 e. The number of carbonyl (C=O) groups excluding carboxylic acids is 1. The van der Waals surface area contributed by atoms with Crippen molar-refractivity contribution in [3.05, 3.63) is 47.0 Å². The largest absolute Gasteiger partial charge is 0.340 e. The van der Waals surface area contributed by atoms with E-state index in [1.807, 2.05) is 11.8 Å². The standard InChI is InChI=1S/C27H41N3O/c1-5-26(31)30-16-14-28(15-17-30)12-13-29(19-22-8-6-21(2)7-9-22)20-23-10-11-24-18-25(23)27(24,3)4/h6-10,24-25H,5,11-20H2,1-4H3. The van der Waals surface area contributed by atoms with Crippen LogP contribution < -0.4 is 0 Å². The highest BCUT2D eigenvalue weighted by molar-refractivity contribution is 5.75. The highest BCUT2D eigenvalue weighted by Crippen LogP contribution is 2.59. The molecule has 3 aliphatic carbocycles. The SMILES string of the molecule is CCC(=O)N1CCN(CCN(CC2=CCC3CC2C3(C)C)Cc2ccc(C)cc2)CC1. The van der Waals surface area contributed by atoms with Crippen LogP contribution in [0.5, 0.6) is 0 Å². The summed E-state index contributed by atoms with van der Waals surface area (Å²) in [4.78, 5) is 19.2. The summed E-state index contributed by atoms with van der Waals surface area (Å²) in [7, 11) is 0. The third kappa shape index (κ3) is 5.06. The summed E-state index contributed by atoms with van der Waals surface area (Å²) < 4.78 is 0. The molecule has 4 heteroatoms. The Morgan fingerprint density at radius 2 is 1.81 bits per heavy atom. The van der Waals surface area contributed by atoms with Crippen molar-refractivity contribution in [3.8, 4) is 0 Å². The minimum atomic E-state index is 0.298. The zero-order valence-corrected chi connectivity index (χ0v) is 20.1. The van der Waals surface area contributed by atoms with Crippen LogP contribution in [-0.2, 0) is 11.3 Å². The van der Waals surface area contributed by atoms with Gasteiger partial charge in [-0.3, -0.25) is 14.6 Å². The van der Waals surface area contributed by atoms with Gasteiger partial charge in [-0.1, -0.05) is 62.2 Å². The second-order valence-electron chi connectivity index (χ2n) is 10.6. The summed E-state index contributed by atoms with van der Waals surface area (Å²) in [6.07, 6.45) is 5.84. The molecular weight excluding hydrogens is 382 g/mol. The number of fused-ring (bicyclic) bond motifs is 1. The number of piperazine rings is 1. The average molecular weight is 424 g/mol. The van der Waals surface area contributed by atoms with Crippen molar-refractivity contribution in [3.63, 3.8) is 0 Å². The lowest BCUT2D eigenvalue weighted by Gasteiger charge is -2.57. The molecule has 1 heterocycles. The molecule has 0 aromatic heterocycles. The molecule has 2 unspecified atom stereocenters. The number of amides is 1. The van der Waals surface area contributed by atoms with Crippen LogP contribution in [0.1, 0.15) is 51.2 Å². The van der Waals surface area contributed by atoms with E-state index in [4.69, 9.17) is 0 Å². The van der Waals surface area contributed by atoms with Crippen LogP contribution in [-0.4, -0.2) is 66.4 Å². The first-order chi connectivity index (χ1) is 14.9. The number of nitrogens with zero attached hydrogens (tertiary/aromatic N) is 3. The Labute approximate surface area is 189 Å². The normalized spacial score (nSPS) is 25.3. The highest BCUT2D eigenvalue weighted by Gasteiger charge is 2.51. The molecular formula is C27H41N3O. The summed E-state index contributed by atoms with van der Waals surface area (Å²) in [6, 6.07) is 9.04. The summed E-state index contributed by atoms with van der Waals surface area (Å²) in [6.45, 7) is 17.1. The maximum Gasteiger partial charge on any atom is 0.222 e. The number of hydrogen-bond acceptors (Lipinski definition) is 3. The molecule has 170 valence electrons. The molecule has 1 amide bonds. The molecule has 1 aromatic rings. The molecule has 31 heavy (non-hydrogen) atoms. The Kier molecular flexibility index (Phi) is 6.88. The van der Waals surface area contributed by atoms with Gasteiger partial charge in [0, 0.05) is 58.8 Å². The molecule has 2 atom stereocenters. The van der Waals surface area contributed by atoms with Gasteiger partial charge >= 0.3 is 0 Å². The number of rotatable bonds is 8. The molecule has 1 aliphatic heterocycles. The number of benzene rings is 1. The van der Waals surface area contributed by atoms with Crippen molar-refractivity contribution in [2.45, 2.75) is 53.5 Å². The highest BCUT2D eigenvalue weighted by atomic mass is 16.2. The van der Waals surface area contributed by atoms with Crippen molar-refractivity contribution in [1.82, 2.24) is 14.7 Å². The molecule has 1 saturated heterocycles. The number of carbonyl (C=O) groups is 1. The van der Waals surface area contributed by atoms with E-state index in [1.54, 1.807) is 5.57 Å². The van der Waals surface area contributed by atoms with E-state index in [-0.39, 0.29) is 0 Å². The summed E-state index contributed by atoms with van der Waals surface area (Å²) in [5.41, 5.74) is 4.90. The van der Waals surface area contributed by atoms with Gasteiger partial charge in [-0.2, -0.15) is 0 Å². The van der Waals surface area contributed by atoms with Crippen LogP contribution in [0, 0.1) is 24.2 Å². The van der Waals surface area contributed by atoms with Gasteiger partial charge in [0.2, 0.25) is 5.91 Å². The molecule has 0 N–H and O–H groups in total. The average Bonchev–Trinajstić information content (AvgIpc) is 2.78. The van der Waals surface area contributed by atoms with E-state index < -0.39 is 0 Å². The summed E-state index contributed by atoms with van der Waals surface area (Å²) in [5.74, 6) is 1.97. The van der Waals surface area contributed by atoms with Gasteiger partial charge < -0.3 is 4.90 Å². The molecule has 2 bridgehead atoms. The van der Waals surface area contributed by atoms with Gasteiger partial charge in [-0.05, 0) is 42.6 Å². The monoisotopic (exact) mass is 423 g/mol. The fraction of sp³-hybridized carbons (Fsp3) is 0.667. The van der Waals surface area contributed by atoms with Crippen LogP contribution >= 0.6 is 0 Å². The summed E-state index contributed by atoms with van der Waals surface area (Å²) >= 11 is 0. The quantitative estimate of drug-likeness (QED) is 0.582. The lowest BCUT2D eigenvalue weighted by atomic mass is 9.49. The van der Waals surface area contributed by atoms with Gasteiger partial charge in [-0.25, -0.2) is 0 Å². The Hall–Kier alpha value is -1.65. The van der Waals surface area contributed by atoms with Crippen LogP contribution in [0.25, 0.3) is 0 Å². The Morgan fingerprint density at radius 1 is 1.10 bits per heavy atom. The number of hydrogen-bond donors (Lipinski definition) is 0. The van der Waals surface area contributed by atoms with Gasteiger partial charge in [0.15, 0.2) is 0 Å². The predicted octanol–water partition coefficient (Wildman–Crippen LogP) is 4.34. The van der Waals surface area contributed by atoms with Gasteiger partial charge in [0.1, 0.15) is 0 Å². The Balaban J connectivity index is 1.37. The third-order valence-electron chi connectivity index (χ3n) is 8.28. The molecule has 1 saturated carbocycles. The van der Waals surface area contributed by atoms with Gasteiger partial charge in [-0.15, -0.1) is 0 Å². The van der Waals surface area contributed by atoms with E-state index >= 15 is 0 Å². The molecule has 2 fully saturated rings. The lowest BCUT2D eigenvalue weighted by Crippen LogP contribution is -2.51. The topological polar surface area (TPSA) is 26.8 Å². The summed E-state index contributed by atoms with van der Waals surface area (Å²) in [5, 5.41) is 0. The van der Waals surface area contributed by atoms with Crippen LogP contribution in [0.4, 0.5) is 0 Å². The zero-order chi connectivity index (χ0) is 22.0. The van der Waals surface area contributed by atoms with E-state index in [1.165, 1.54) is 24.0 Å². The first kappa shape index (κ1) is 22.5. The molecule has 5 rings (SSSR count). The minimum absolute atomic E-state index is 0.298. The van der Waals surface area contributed by atoms with Crippen molar-refractivity contribution in [2.24, 2.45) is 17.3 Å². The fourth-order valence-corrected chi connectivity index (χ4v) is 5.81. The Morgan fingerprint density at radius 3 is 2.42 bits per heavy atom. The zero-order valence-electron chi connectivity index (χ0n) is 20.1. The molecule has 4 aliphatic rings. The van der Waals surface area contributed by atoms with E-state index in [0.717, 1.165) is 64.2 Å². The molecule has 0 spiro atoms. The van der Waals surface area contributed by atoms with Gasteiger partial charge in [0.25, 0.3) is 0 Å². The van der Waals surface area contributed by atoms with Gasteiger partial charge in [0.05, 0.1) is 0 Å². The van der Waals surface area contributed by atoms with E-state index in [2.05, 4.69) is 60.9 Å². The molecule has 1 aromatic carbocycles. The van der Waals surface area contributed by atoms with Crippen molar-refractivity contribution >= 4 is 5.91 Å². The van der Waals surface area contributed by atoms with Crippen molar-refractivity contribution < 1.29 is 4.79 Å². The van der Waals surface area contributed by atoms with Crippen molar-refractivity contribution in [2.75, 3.05) is 45.8 Å². The lowest BCUT2D eigenvalue weighted by molar-refractivity contribution is -0.132.